The van der Waals surface area contributed by atoms with Crippen molar-refractivity contribution in [3.05, 3.63) is 114 Å². The van der Waals surface area contributed by atoms with Gasteiger partial charge in [-0.2, -0.15) is 8.42 Å². The molecule has 47 heavy (non-hydrogen) atoms. The summed E-state index contributed by atoms with van der Waals surface area (Å²) in [5.41, 5.74) is 5.02. The molecule has 2 unspecified atom stereocenters. The number of hydrogen-bond acceptors (Lipinski definition) is 6. The van der Waals surface area contributed by atoms with Gasteiger partial charge in [-0.3, -0.25) is 14.1 Å². The van der Waals surface area contributed by atoms with Crippen LogP contribution in [0.15, 0.2) is 107 Å². The van der Waals surface area contributed by atoms with Crippen LogP contribution >= 0.6 is 0 Å². The number of nitrogens with zero attached hydrogens (tertiary/aromatic N) is 1. The molecule has 10 heteroatoms. The molecule has 5 rings (SSSR count). The molecule has 0 saturated heterocycles. The number of fused-ring (bicyclic) bond motifs is 1. The lowest BCUT2D eigenvalue weighted by Crippen LogP contribution is -2.38. The summed E-state index contributed by atoms with van der Waals surface area (Å²) in [6, 6.07) is 24.7. The summed E-state index contributed by atoms with van der Waals surface area (Å²) in [5, 5.41) is 6.68. The third kappa shape index (κ3) is 8.19. The Hall–Kier alpha value is -4.67. The van der Waals surface area contributed by atoms with Gasteiger partial charge in [-0.25, -0.2) is 0 Å². The highest BCUT2D eigenvalue weighted by molar-refractivity contribution is 7.85. The van der Waals surface area contributed by atoms with E-state index in [4.69, 9.17) is 8.97 Å². The van der Waals surface area contributed by atoms with Crippen molar-refractivity contribution in [3.63, 3.8) is 0 Å². The van der Waals surface area contributed by atoms with Crippen molar-refractivity contribution in [2.24, 2.45) is 11.8 Å². The van der Waals surface area contributed by atoms with Crippen LogP contribution in [0.1, 0.15) is 44.9 Å². The molecule has 3 atom stereocenters. The number of benzene rings is 3. The van der Waals surface area contributed by atoms with Crippen molar-refractivity contribution < 1.29 is 27.0 Å². The van der Waals surface area contributed by atoms with Crippen LogP contribution in [0.4, 0.5) is 5.69 Å². The highest BCUT2D eigenvalue weighted by atomic mass is 32.2. The molecule has 0 radical (unpaired) electrons. The van der Waals surface area contributed by atoms with Gasteiger partial charge in [0.2, 0.25) is 5.91 Å². The van der Waals surface area contributed by atoms with Gasteiger partial charge in [0, 0.05) is 35.9 Å². The smallest absolute Gasteiger partial charge is 0.266 e. The van der Waals surface area contributed by atoms with Crippen LogP contribution in [-0.4, -0.2) is 49.0 Å². The fraction of sp³-hybridized carbons (Fsp3) is 0.297. The molecule has 1 aliphatic rings. The van der Waals surface area contributed by atoms with Crippen LogP contribution in [-0.2, 0) is 25.1 Å². The molecule has 0 fully saturated rings. The van der Waals surface area contributed by atoms with Crippen LogP contribution in [0.2, 0.25) is 0 Å². The van der Waals surface area contributed by atoms with E-state index in [9.17, 15) is 18.0 Å². The monoisotopic (exact) mass is 655 g/mol. The van der Waals surface area contributed by atoms with Gasteiger partial charge in [0.1, 0.15) is 17.4 Å². The quantitative estimate of drug-likeness (QED) is 0.162. The Bertz CT molecular complexity index is 1890. The van der Waals surface area contributed by atoms with Gasteiger partial charge in [-0.05, 0) is 64.9 Å². The van der Waals surface area contributed by atoms with Crippen molar-refractivity contribution in [1.82, 2.24) is 10.2 Å². The van der Waals surface area contributed by atoms with Crippen molar-refractivity contribution in [2.75, 3.05) is 24.7 Å². The Kier molecular flexibility index (Phi) is 9.74. The molecule has 0 bridgehead atoms. The number of amides is 2. The number of anilines is 1. The second kappa shape index (κ2) is 13.6. The molecule has 1 aromatic heterocycles. The number of hydrogen-bond donors (Lipinski definition) is 3. The minimum Gasteiger partial charge on any atom is -0.456 e. The van der Waals surface area contributed by atoms with E-state index in [1.807, 2.05) is 104 Å². The van der Waals surface area contributed by atoms with E-state index in [0.717, 1.165) is 39.1 Å². The Labute approximate surface area is 276 Å². The number of carbonyl (C=O) groups excluding carboxylic acids is 2. The average Bonchev–Trinajstić information content (AvgIpc) is 3.45. The largest absolute Gasteiger partial charge is 0.456 e. The lowest BCUT2D eigenvalue weighted by molar-refractivity contribution is -0.124. The third-order valence-electron chi connectivity index (χ3n) is 8.43. The molecule has 1 heterocycles. The molecule has 3 aromatic carbocycles. The number of para-hydroxylation sites is 1. The van der Waals surface area contributed by atoms with Crippen LogP contribution in [0.3, 0.4) is 0 Å². The summed E-state index contributed by atoms with van der Waals surface area (Å²) < 4.78 is 37.0. The van der Waals surface area contributed by atoms with Gasteiger partial charge in [-0.1, -0.05) is 82.3 Å². The van der Waals surface area contributed by atoms with E-state index < -0.39 is 27.8 Å². The molecule has 0 spiro atoms. The minimum absolute atomic E-state index is 0.0508. The topological polar surface area (TPSA) is 129 Å². The highest BCUT2D eigenvalue weighted by Gasteiger charge is 2.31. The molecular weight excluding hydrogens is 614 g/mol. The maximum atomic E-state index is 14.0. The van der Waals surface area contributed by atoms with Crippen LogP contribution < -0.4 is 10.6 Å². The standard InChI is InChI=1S/C37H41N3O6S/c1-24-22-30(18-19-31(24)35(41)38-20-21-47(43,44)45)40(5)34(26-10-14-28(15-11-26)37(2,3)4)36(42)39-29-16-12-25(13-17-29)33-23-27-8-6-7-9-32(27)46-33/h6-19,22-24,31,34H,20-21H2,1-5H3,(H,38,41)(H,39,42)(H,43,44,45)/t24?,31-,34?/m0/s1. The van der Waals surface area contributed by atoms with Gasteiger partial charge in [0.25, 0.3) is 16.0 Å². The molecule has 1 aliphatic carbocycles. The van der Waals surface area contributed by atoms with E-state index in [0.29, 0.717) is 5.69 Å². The van der Waals surface area contributed by atoms with E-state index in [2.05, 4.69) is 31.4 Å². The average molecular weight is 656 g/mol. The lowest BCUT2D eigenvalue weighted by atomic mass is 9.85. The van der Waals surface area contributed by atoms with Crippen molar-refractivity contribution in [2.45, 2.75) is 39.2 Å². The van der Waals surface area contributed by atoms with Gasteiger partial charge >= 0.3 is 0 Å². The molecule has 4 aromatic rings. The van der Waals surface area contributed by atoms with Crippen LogP contribution in [0, 0.1) is 11.8 Å². The van der Waals surface area contributed by atoms with Crippen LogP contribution in [0.5, 0.6) is 0 Å². The predicted molar refractivity (Wildman–Crippen MR) is 185 cm³/mol. The van der Waals surface area contributed by atoms with Gasteiger partial charge in [-0.15, -0.1) is 0 Å². The molecule has 246 valence electrons. The summed E-state index contributed by atoms with van der Waals surface area (Å²) in [4.78, 5) is 28.7. The molecule has 0 saturated carbocycles. The predicted octanol–water partition coefficient (Wildman–Crippen LogP) is 6.72. The Morgan fingerprint density at radius 3 is 2.30 bits per heavy atom. The second-order valence-corrected chi connectivity index (χ2v) is 14.6. The van der Waals surface area contributed by atoms with E-state index >= 15 is 0 Å². The number of carbonyl (C=O) groups is 2. The summed E-state index contributed by atoms with van der Waals surface area (Å²) in [7, 11) is -2.33. The van der Waals surface area contributed by atoms with Crippen molar-refractivity contribution in [1.29, 1.82) is 0 Å². The van der Waals surface area contributed by atoms with E-state index in [1.165, 1.54) is 0 Å². The SMILES string of the molecule is CC1C=C(N(C)C(C(=O)Nc2ccc(-c3cc4ccccc4o3)cc2)c2ccc(C(C)(C)C)cc2)C=C[C@@H]1C(=O)NCCS(=O)(=O)O. The zero-order valence-corrected chi connectivity index (χ0v) is 28.0. The van der Waals surface area contributed by atoms with Gasteiger partial charge in [0.05, 0.1) is 11.7 Å². The third-order valence-corrected chi connectivity index (χ3v) is 9.15. The maximum Gasteiger partial charge on any atom is 0.266 e. The summed E-state index contributed by atoms with van der Waals surface area (Å²) >= 11 is 0. The number of likely N-dealkylation sites (N-methyl/N-ethyl adjacent to an activating group) is 1. The van der Waals surface area contributed by atoms with E-state index in [-0.39, 0.29) is 29.7 Å². The lowest BCUT2D eigenvalue weighted by Gasteiger charge is -2.33. The fourth-order valence-electron chi connectivity index (χ4n) is 5.71. The number of allylic oxidation sites excluding steroid dienone is 2. The molecule has 3 N–H and O–H groups in total. The second-order valence-electron chi connectivity index (χ2n) is 13.0. The number of nitrogens with one attached hydrogen (secondary N) is 2. The molecule has 0 aliphatic heterocycles. The summed E-state index contributed by atoms with van der Waals surface area (Å²) in [6.07, 6.45) is 5.49. The Morgan fingerprint density at radius 1 is 1.00 bits per heavy atom. The van der Waals surface area contributed by atoms with Gasteiger partial charge < -0.3 is 20.0 Å². The van der Waals surface area contributed by atoms with Crippen molar-refractivity contribution in [3.8, 4) is 11.3 Å². The summed E-state index contributed by atoms with van der Waals surface area (Å²) in [6.45, 7) is 8.13. The highest BCUT2D eigenvalue weighted by Crippen LogP contribution is 2.33. The van der Waals surface area contributed by atoms with E-state index in [1.54, 1.807) is 12.2 Å². The molecule has 2 amide bonds. The summed E-state index contributed by atoms with van der Waals surface area (Å²) in [5.74, 6) is -1.14. The maximum absolute atomic E-state index is 14.0. The number of furan rings is 1. The normalized spacial score (nSPS) is 17.2. The molecule has 9 nitrogen and oxygen atoms in total. The fourth-order valence-corrected chi connectivity index (χ4v) is 6.07. The zero-order valence-electron chi connectivity index (χ0n) is 27.2. The first-order valence-corrected chi connectivity index (χ1v) is 17.2. The molecular formula is C37H41N3O6S. The van der Waals surface area contributed by atoms with Crippen molar-refractivity contribution >= 4 is 38.6 Å². The Morgan fingerprint density at radius 2 is 1.68 bits per heavy atom. The minimum atomic E-state index is -4.18. The first-order valence-electron chi connectivity index (χ1n) is 15.6. The van der Waals surface area contributed by atoms with Crippen LogP contribution in [0.25, 0.3) is 22.3 Å². The number of rotatable bonds is 10. The Balaban J connectivity index is 1.36. The first kappa shape index (κ1) is 33.7. The van der Waals surface area contributed by atoms with Gasteiger partial charge in [0.15, 0.2) is 0 Å². The zero-order chi connectivity index (χ0) is 33.9. The first-order chi connectivity index (χ1) is 22.2.